The predicted molar refractivity (Wildman–Crippen MR) is 72.6 cm³/mol. The lowest BCUT2D eigenvalue weighted by Crippen LogP contribution is -2.48. The predicted octanol–water partition coefficient (Wildman–Crippen LogP) is 1.75. The molecule has 2 rings (SSSR count). The third kappa shape index (κ3) is 3.31. The van der Waals surface area contributed by atoms with E-state index in [1.54, 1.807) is 0 Å². The van der Waals surface area contributed by atoms with Crippen LogP contribution in [0.2, 0.25) is 0 Å². The van der Waals surface area contributed by atoms with Crippen LogP contribution >= 0.6 is 0 Å². The number of hydrogen-bond acceptors (Lipinski definition) is 3. The second kappa shape index (κ2) is 5.83. The van der Waals surface area contributed by atoms with Gasteiger partial charge in [-0.1, -0.05) is 30.3 Å². The zero-order valence-electron chi connectivity index (χ0n) is 11.2. The van der Waals surface area contributed by atoms with Crippen molar-refractivity contribution in [2.45, 2.75) is 44.4 Å². The van der Waals surface area contributed by atoms with Crippen molar-refractivity contribution in [1.29, 1.82) is 0 Å². The summed E-state index contributed by atoms with van der Waals surface area (Å²) >= 11 is 0. The van der Waals surface area contributed by atoms with Crippen molar-refractivity contribution in [2.24, 2.45) is 0 Å². The molecule has 1 fully saturated rings. The first-order valence-electron chi connectivity index (χ1n) is 6.71. The van der Waals surface area contributed by atoms with E-state index in [1.807, 2.05) is 13.0 Å². The molecule has 0 amide bonds. The zero-order chi connectivity index (χ0) is 13.0. The second-order valence-electron chi connectivity index (χ2n) is 5.34. The van der Waals surface area contributed by atoms with Gasteiger partial charge in [0, 0.05) is 25.6 Å². The van der Waals surface area contributed by atoms with Gasteiger partial charge >= 0.3 is 0 Å². The number of rotatable bonds is 5. The standard InChI is InChI=1S/C15H23NO2/c1-12(10-14-6-4-3-5-7-14)16-11-15(17)8-9-18-13(15)2/h3-7,12-13,16-17H,8-11H2,1-2H3. The van der Waals surface area contributed by atoms with Gasteiger partial charge < -0.3 is 15.2 Å². The SMILES string of the molecule is CC(Cc1ccccc1)NCC1(O)CCOC1C. The molecule has 1 aromatic rings. The van der Waals surface area contributed by atoms with Gasteiger partial charge in [0.15, 0.2) is 0 Å². The summed E-state index contributed by atoms with van der Waals surface area (Å²) in [6.45, 7) is 5.35. The van der Waals surface area contributed by atoms with Gasteiger partial charge in [-0.25, -0.2) is 0 Å². The third-order valence-corrected chi connectivity index (χ3v) is 3.80. The highest BCUT2D eigenvalue weighted by Gasteiger charge is 2.39. The van der Waals surface area contributed by atoms with Crippen LogP contribution in [0.3, 0.4) is 0 Å². The van der Waals surface area contributed by atoms with E-state index in [1.165, 1.54) is 5.56 Å². The Hall–Kier alpha value is -0.900. The minimum atomic E-state index is -0.703. The van der Waals surface area contributed by atoms with Crippen LogP contribution in [0.5, 0.6) is 0 Å². The van der Waals surface area contributed by atoms with E-state index in [4.69, 9.17) is 4.74 Å². The average molecular weight is 249 g/mol. The van der Waals surface area contributed by atoms with Crippen LogP contribution in [0.15, 0.2) is 30.3 Å². The van der Waals surface area contributed by atoms with E-state index in [0.717, 1.165) is 12.8 Å². The molecule has 1 saturated heterocycles. The number of ether oxygens (including phenoxy) is 1. The molecule has 1 heterocycles. The van der Waals surface area contributed by atoms with E-state index < -0.39 is 5.60 Å². The monoisotopic (exact) mass is 249 g/mol. The average Bonchev–Trinajstić information content (AvgIpc) is 2.69. The summed E-state index contributed by atoms with van der Waals surface area (Å²) in [6, 6.07) is 10.8. The second-order valence-corrected chi connectivity index (χ2v) is 5.34. The van der Waals surface area contributed by atoms with Crippen LogP contribution in [0.25, 0.3) is 0 Å². The largest absolute Gasteiger partial charge is 0.386 e. The smallest absolute Gasteiger partial charge is 0.105 e. The molecule has 0 aliphatic carbocycles. The lowest BCUT2D eigenvalue weighted by Gasteiger charge is -2.28. The molecule has 1 aromatic carbocycles. The molecule has 3 atom stereocenters. The van der Waals surface area contributed by atoms with Crippen LogP contribution in [0, 0.1) is 0 Å². The summed E-state index contributed by atoms with van der Waals surface area (Å²) in [4.78, 5) is 0. The van der Waals surface area contributed by atoms with Gasteiger partial charge in [-0.2, -0.15) is 0 Å². The molecule has 3 nitrogen and oxygen atoms in total. The van der Waals surface area contributed by atoms with E-state index in [-0.39, 0.29) is 6.10 Å². The molecular formula is C15H23NO2. The maximum Gasteiger partial charge on any atom is 0.105 e. The Bertz CT molecular complexity index is 368. The van der Waals surface area contributed by atoms with E-state index >= 15 is 0 Å². The minimum Gasteiger partial charge on any atom is -0.386 e. The molecule has 3 unspecified atom stereocenters. The van der Waals surface area contributed by atoms with Gasteiger partial charge in [-0.3, -0.25) is 0 Å². The molecule has 100 valence electrons. The first-order valence-corrected chi connectivity index (χ1v) is 6.71. The van der Waals surface area contributed by atoms with Gasteiger partial charge in [0.2, 0.25) is 0 Å². The summed E-state index contributed by atoms with van der Waals surface area (Å²) in [5.74, 6) is 0. The summed E-state index contributed by atoms with van der Waals surface area (Å²) in [5.41, 5.74) is 0.616. The summed E-state index contributed by atoms with van der Waals surface area (Å²) < 4.78 is 5.43. The number of aliphatic hydroxyl groups is 1. The fourth-order valence-corrected chi connectivity index (χ4v) is 2.39. The molecule has 0 bridgehead atoms. The van der Waals surface area contributed by atoms with Gasteiger partial charge in [-0.05, 0) is 25.8 Å². The molecule has 3 heteroatoms. The molecule has 2 N–H and O–H groups in total. The van der Waals surface area contributed by atoms with Gasteiger partial charge in [-0.15, -0.1) is 0 Å². The maximum atomic E-state index is 10.4. The van der Waals surface area contributed by atoms with Crippen LogP contribution < -0.4 is 5.32 Å². The zero-order valence-corrected chi connectivity index (χ0v) is 11.2. The molecule has 18 heavy (non-hydrogen) atoms. The van der Waals surface area contributed by atoms with Crippen molar-refractivity contribution in [3.63, 3.8) is 0 Å². The summed E-state index contributed by atoms with van der Waals surface area (Å²) in [5, 5.41) is 13.8. The molecule has 0 spiro atoms. The summed E-state index contributed by atoms with van der Waals surface area (Å²) in [6.07, 6.45) is 1.62. The Morgan fingerprint density at radius 1 is 1.44 bits per heavy atom. The Morgan fingerprint density at radius 2 is 2.17 bits per heavy atom. The molecule has 1 aliphatic rings. The fraction of sp³-hybridized carbons (Fsp3) is 0.600. The molecule has 0 saturated carbocycles. The van der Waals surface area contributed by atoms with E-state index in [0.29, 0.717) is 19.2 Å². The number of hydrogen-bond donors (Lipinski definition) is 2. The quantitative estimate of drug-likeness (QED) is 0.835. The number of nitrogens with one attached hydrogen (secondary N) is 1. The summed E-state index contributed by atoms with van der Waals surface area (Å²) in [7, 11) is 0. The van der Waals surface area contributed by atoms with Gasteiger partial charge in [0.1, 0.15) is 5.60 Å². The van der Waals surface area contributed by atoms with Crippen molar-refractivity contribution in [1.82, 2.24) is 5.32 Å². The Balaban J connectivity index is 1.80. The topological polar surface area (TPSA) is 41.5 Å². The van der Waals surface area contributed by atoms with E-state index in [2.05, 4.69) is 36.5 Å². The van der Waals surface area contributed by atoms with Crippen LogP contribution in [-0.2, 0) is 11.2 Å². The molecular weight excluding hydrogens is 226 g/mol. The Morgan fingerprint density at radius 3 is 2.78 bits per heavy atom. The molecule has 1 aliphatic heterocycles. The highest BCUT2D eigenvalue weighted by Crippen LogP contribution is 2.24. The normalized spacial score (nSPS) is 29.4. The Labute approximate surface area is 109 Å². The van der Waals surface area contributed by atoms with Crippen molar-refractivity contribution in [2.75, 3.05) is 13.2 Å². The van der Waals surface area contributed by atoms with Crippen molar-refractivity contribution >= 4 is 0 Å². The van der Waals surface area contributed by atoms with Crippen molar-refractivity contribution in [3.8, 4) is 0 Å². The fourth-order valence-electron chi connectivity index (χ4n) is 2.39. The van der Waals surface area contributed by atoms with Gasteiger partial charge in [0.05, 0.1) is 6.10 Å². The highest BCUT2D eigenvalue weighted by molar-refractivity contribution is 5.15. The first kappa shape index (κ1) is 13.5. The lowest BCUT2D eigenvalue weighted by atomic mass is 9.96. The molecule has 0 radical (unpaired) electrons. The van der Waals surface area contributed by atoms with Crippen molar-refractivity contribution < 1.29 is 9.84 Å². The van der Waals surface area contributed by atoms with Crippen LogP contribution in [-0.4, -0.2) is 36.0 Å². The highest BCUT2D eigenvalue weighted by atomic mass is 16.5. The van der Waals surface area contributed by atoms with Gasteiger partial charge in [0.25, 0.3) is 0 Å². The van der Waals surface area contributed by atoms with E-state index in [9.17, 15) is 5.11 Å². The Kier molecular flexibility index (Phi) is 4.38. The van der Waals surface area contributed by atoms with Crippen LogP contribution in [0.1, 0.15) is 25.8 Å². The number of benzene rings is 1. The maximum absolute atomic E-state index is 10.4. The third-order valence-electron chi connectivity index (χ3n) is 3.80. The molecule has 0 aromatic heterocycles. The first-order chi connectivity index (χ1) is 8.60. The van der Waals surface area contributed by atoms with Crippen LogP contribution in [0.4, 0.5) is 0 Å². The van der Waals surface area contributed by atoms with Crippen molar-refractivity contribution in [3.05, 3.63) is 35.9 Å². The lowest BCUT2D eigenvalue weighted by molar-refractivity contribution is -0.0273. The minimum absolute atomic E-state index is 0.0751.